The van der Waals surface area contributed by atoms with Gasteiger partial charge in [0.05, 0.1) is 8.15 Å². The van der Waals surface area contributed by atoms with E-state index in [1.807, 2.05) is 0 Å². The van der Waals surface area contributed by atoms with Crippen molar-refractivity contribution in [3.63, 3.8) is 0 Å². The quantitative estimate of drug-likeness (QED) is 0.617. The Balaban J connectivity index is 2.77. The largest absolute Gasteiger partial charge is 0.474 e. The number of nitrogens with zero attached hydrogens (tertiary/aromatic N) is 1. The SMILES string of the molecule is CCN(CC)Cc1cccc(OP(C(C)C)C(C)C)c1. The van der Waals surface area contributed by atoms with Crippen molar-refractivity contribution in [2.45, 2.75) is 59.4 Å². The fourth-order valence-corrected chi connectivity index (χ4v) is 4.31. The second-order valence-corrected chi connectivity index (χ2v) is 8.72. The first-order chi connectivity index (χ1) is 9.47. The first kappa shape index (κ1) is 17.5. The van der Waals surface area contributed by atoms with Crippen LogP contribution in [0.1, 0.15) is 47.1 Å². The van der Waals surface area contributed by atoms with Crippen LogP contribution in [0.2, 0.25) is 0 Å². The molecule has 0 aliphatic rings. The van der Waals surface area contributed by atoms with Gasteiger partial charge < -0.3 is 4.52 Å². The van der Waals surface area contributed by atoms with Crippen molar-refractivity contribution in [3.8, 4) is 5.75 Å². The van der Waals surface area contributed by atoms with Gasteiger partial charge in [-0.15, -0.1) is 0 Å². The van der Waals surface area contributed by atoms with Gasteiger partial charge in [-0.1, -0.05) is 53.7 Å². The molecule has 0 N–H and O–H groups in total. The molecule has 0 aliphatic heterocycles. The molecule has 20 heavy (non-hydrogen) atoms. The lowest BCUT2D eigenvalue weighted by atomic mass is 10.2. The van der Waals surface area contributed by atoms with Gasteiger partial charge in [0.25, 0.3) is 0 Å². The summed E-state index contributed by atoms with van der Waals surface area (Å²) in [6.07, 6.45) is 0. The molecule has 114 valence electrons. The molecule has 3 heteroatoms. The summed E-state index contributed by atoms with van der Waals surface area (Å²) in [5.74, 6) is 1.03. The van der Waals surface area contributed by atoms with E-state index in [0.29, 0.717) is 11.3 Å². The van der Waals surface area contributed by atoms with E-state index in [4.69, 9.17) is 4.52 Å². The highest BCUT2D eigenvalue weighted by atomic mass is 31.1. The van der Waals surface area contributed by atoms with Crippen molar-refractivity contribution in [2.24, 2.45) is 0 Å². The Hall–Kier alpha value is -0.590. The van der Waals surface area contributed by atoms with Crippen molar-refractivity contribution in [1.29, 1.82) is 0 Å². The third kappa shape index (κ3) is 5.42. The number of hydrogen-bond acceptors (Lipinski definition) is 2. The van der Waals surface area contributed by atoms with Gasteiger partial charge in [-0.2, -0.15) is 0 Å². The highest BCUT2D eigenvalue weighted by Gasteiger charge is 2.19. The van der Waals surface area contributed by atoms with Crippen LogP contribution in [0.3, 0.4) is 0 Å². The van der Waals surface area contributed by atoms with E-state index in [-0.39, 0.29) is 0 Å². The molecular weight excluding hydrogens is 265 g/mol. The molecule has 0 spiro atoms. The third-order valence-electron chi connectivity index (χ3n) is 3.43. The monoisotopic (exact) mass is 295 g/mol. The Morgan fingerprint density at radius 1 is 1.05 bits per heavy atom. The van der Waals surface area contributed by atoms with Crippen molar-refractivity contribution in [3.05, 3.63) is 29.8 Å². The van der Waals surface area contributed by atoms with E-state index in [1.54, 1.807) is 0 Å². The van der Waals surface area contributed by atoms with Gasteiger partial charge in [0.1, 0.15) is 5.75 Å². The van der Waals surface area contributed by atoms with Crippen LogP contribution in [0.15, 0.2) is 24.3 Å². The molecule has 0 saturated carbocycles. The average Bonchev–Trinajstić information content (AvgIpc) is 2.42. The fourth-order valence-electron chi connectivity index (χ4n) is 2.33. The first-order valence-electron chi connectivity index (χ1n) is 7.75. The van der Waals surface area contributed by atoms with Crippen molar-refractivity contribution >= 4 is 8.15 Å². The summed E-state index contributed by atoms with van der Waals surface area (Å²) >= 11 is 0. The minimum absolute atomic E-state index is 0.409. The molecule has 0 fully saturated rings. The molecule has 0 amide bonds. The van der Waals surface area contributed by atoms with Crippen LogP contribution in [-0.2, 0) is 6.54 Å². The summed E-state index contributed by atoms with van der Waals surface area (Å²) in [6, 6.07) is 8.60. The Morgan fingerprint density at radius 3 is 2.15 bits per heavy atom. The zero-order valence-corrected chi connectivity index (χ0v) is 14.8. The molecule has 0 aliphatic carbocycles. The van der Waals surface area contributed by atoms with Crippen LogP contribution in [0.25, 0.3) is 0 Å². The van der Waals surface area contributed by atoms with Gasteiger partial charge in [-0.25, -0.2) is 0 Å². The first-order valence-corrected chi connectivity index (χ1v) is 9.15. The van der Waals surface area contributed by atoms with E-state index in [0.717, 1.165) is 25.4 Å². The molecule has 0 saturated heterocycles. The third-order valence-corrected chi connectivity index (χ3v) is 5.89. The maximum absolute atomic E-state index is 6.27. The van der Waals surface area contributed by atoms with E-state index >= 15 is 0 Å². The van der Waals surface area contributed by atoms with Gasteiger partial charge in [0.2, 0.25) is 0 Å². The molecule has 2 nitrogen and oxygen atoms in total. The van der Waals surface area contributed by atoms with E-state index < -0.39 is 8.15 Å². The van der Waals surface area contributed by atoms with Gasteiger partial charge in [0.15, 0.2) is 0 Å². The molecule has 0 bridgehead atoms. The molecule has 0 atom stereocenters. The van der Waals surface area contributed by atoms with Gasteiger partial charge in [-0.3, -0.25) is 4.90 Å². The number of hydrogen-bond donors (Lipinski definition) is 0. The second-order valence-electron chi connectivity index (χ2n) is 5.75. The lowest BCUT2D eigenvalue weighted by Gasteiger charge is -2.26. The fraction of sp³-hybridized carbons (Fsp3) is 0.647. The smallest absolute Gasteiger partial charge is 0.123 e. The molecule has 0 unspecified atom stereocenters. The van der Waals surface area contributed by atoms with Crippen molar-refractivity contribution in [2.75, 3.05) is 13.1 Å². The summed E-state index contributed by atoms with van der Waals surface area (Å²) in [5, 5.41) is 0. The molecule has 0 aromatic heterocycles. The van der Waals surface area contributed by atoms with Crippen LogP contribution >= 0.6 is 8.15 Å². The van der Waals surface area contributed by atoms with Crippen LogP contribution in [0.4, 0.5) is 0 Å². The lowest BCUT2D eigenvalue weighted by molar-refractivity contribution is 0.295. The number of rotatable bonds is 8. The van der Waals surface area contributed by atoms with Crippen LogP contribution in [-0.4, -0.2) is 29.3 Å². The Morgan fingerprint density at radius 2 is 1.65 bits per heavy atom. The second kappa shape index (κ2) is 8.64. The minimum Gasteiger partial charge on any atom is -0.474 e. The Bertz CT molecular complexity index is 380. The normalized spacial score (nSPS) is 11.9. The van der Waals surface area contributed by atoms with Gasteiger partial charge in [0, 0.05) is 17.9 Å². The average molecular weight is 295 g/mol. The Kier molecular flexibility index (Phi) is 7.55. The maximum Gasteiger partial charge on any atom is 0.123 e. The van der Waals surface area contributed by atoms with Crippen LogP contribution < -0.4 is 4.52 Å². The predicted molar refractivity (Wildman–Crippen MR) is 90.9 cm³/mol. The lowest BCUT2D eigenvalue weighted by Crippen LogP contribution is -2.22. The van der Waals surface area contributed by atoms with E-state index in [1.165, 1.54) is 5.56 Å². The molecule has 1 aromatic carbocycles. The number of benzene rings is 1. The van der Waals surface area contributed by atoms with Crippen LogP contribution in [0, 0.1) is 0 Å². The van der Waals surface area contributed by atoms with E-state index in [9.17, 15) is 0 Å². The predicted octanol–water partition coefficient (Wildman–Crippen LogP) is 5.12. The molecule has 1 aromatic rings. The summed E-state index contributed by atoms with van der Waals surface area (Å²) in [6.45, 7) is 16.6. The standard InChI is InChI=1S/C17H30NOP/c1-7-18(8-2)13-16-10-9-11-17(12-16)19-20(14(3)4)15(5)6/h9-12,14-15H,7-8,13H2,1-6H3. The highest BCUT2D eigenvalue weighted by Crippen LogP contribution is 2.47. The van der Waals surface area contributed by atoms with E-state index in [2.05, 4.69) is 70.7 Å². The topological polar surface area (TPSA) is 12.5 Å². The highest BCUT2D eigenvalue weighted by molar-refractivity contribution is 7.54. The molecule has 0 radical (unpaired) electrons. The summed E-state index contributed by atoms with van der Waals surface area (Å²) < 4.78 is 6.27. The van der Waals surface area contributed by atoms with Crippen molar-refractivity contribution in [1.82, 2.24) is 4.90 Å². The van der Waals surface area contributed by atoms with Crippen molar-refractivity contribution < 1.29 is 4.52 Å². The minimum atomic E-state index is -0.409. The molecule has 1 rings (SSSR count). The Labute approximate surface area is 126 Å². The maximum atomic E-state index is 6.27. The summed E-state index contributed by atoms with van der Waals surface area (Å²) in [5.41, 5.74) is 2.53. The molecule has 0 heterocycles. The van der Waals surface area contributed by atoms with Gasteiger partial charge in [-0.05, 0) is 30.8 Å². The van der Waals surface area contributed by atoms with Crippen LogP contribution in [0.5, 0.6) is 5.75 Å². The summed E-state index contributed by atoms with van der Waals surface area (Å²) in [4.78, 5) is 2.42. The summed E-state index contributed by atoms with van der Waals surface area (Å²) in [7, 11) is -0.409. The zero-order valence-electron chi connectivity index (χ0n) is 13.9. The van der Waals surface area contributed by atoms with Gasteiger partial charge >= 0.3 is 0 Å². The molecular formula is C17H30NOP. The zero-order chi connectivity index (χ0) is 15.1.